The lowest BCUT2D eigenvalue weighted by Crippen LogP contribution is -2.47. The SMILES string of the molecule is CCCCN(C(=O)Cn1nc(C(=O)N2CCN(C)CC2)cc1C)c1ccccc1. The summed E-state index contributed by atoms with van der Waals surface area (Å²) in [6.45, 7) is 7.95. The van der Waals surface area contributed by atoms with Gasteiger partial charge in [-0.15, -0.1) is 0 Å². The van der Waals surface area contributed by atoms with E-state index in [1.54, 1.807) is 10.7 Å². The highest BCUT2D eigenvalue weighted by molar-refractivity contribution is 5.94. The molecule has 1 aromatic heterocycles. The van der Waals surface area contributed by atoms with E-state index >= 15 is 0 Å². The number of anilines is 1. The van der Waals surface area contributed by atoms with Crippen molar-refractivity contribution in [2.75, 3.05) is 44.7 Å². The number of aryl methyl sites for hydroxylation is 1. The molecule has 0 saturated carbocycles. The van der Waals surface area contributed by atoms with Gasteiger partial charge in [-0.25, -0.2) is 0 Å². The number of likely N-dealkylation sites (N-methyl/N-ethyl adjacent to an activating group) is 1. The number of piperazine rings is 1. The van der Waals surface area contributed by atoms with Gasteiger partial charge in [-0.3, -0.25) is 14.3 Å². The molecule has 7 nitrogen and oxygen atoms in total. The molecule has 7 heteroatoms. The summed E-state index contributed by atoms with van der Waals surface area (Å²) in [7, 11) is 2.06. The number of para-hydroxylation sites is 1. The minimum atomic E-state index is -0.0571. The number of carbonyl (C=O) groups is 2. The summed E-state index contributed by atoms with van der Waals surface area (Å²) in [6.07, 6.45) is 1.95. The lowest BCUT2D eigenvalue weighted by atomic mass is 10.2. The Balaban J connectivity index is 1.72. The number of rotatable bonds is 7. The fourth-order valence-electron chi connectivity index (χ4n) is 3.48. The van der Waals surface area contributed by atoms with Gasteiger partial charge in [-0.05, 0) is 38.6 Å². The van der Waals surface area contributed by atoms with Crippen molar-refractivity contribution in [2.45, 2.75) is 33.2 Å². The highest BCUT2D eigenvalue weighted by Gasteiger charge is 2.24. The number of hydrogen-bond acceptors (Lipinski definition) is 4. The molecule has 0 radical (unpaired) electrons. The van der Waals surface area contributed by atoms with Crippen LogP contribution in [0, 0.1) is 6.92 Å². The van der Waals surface area contributed by atoms with E-state index in [1.807, 2.05) is 47.1 Å². The molecule has 0 unspecified atom stereocenters. The van der Waals surface area contributed by atoms with E-state index in [4.69, 9.17) is 0 Å². The predicted octanol–water partition coefficient (Wildman–Crippen LogP) is 2.41. The van der Waals surface area contributed by atoms with Gasteiger partial charge in [0.2, 0.25) is 5.91 Å². The molecule has 2 heterocycles. The molecule has 1 aliphatic rings. The fraction of sp³-hybridized carbons (Fsp3) is 0.500. The maximum atomic E-state index is 13.1. The normalized spacial score (nSPS) is 14.8. The van der Waals surface area contributed by atoms with Crippen molar-refractivity contribution in [2.24, 2.45) is 0 Å². The third-order valence-corrected chi connectivity index (χ3v) is 5.38. The van der Waals surface area contributed by atoms with E-state index in [0.29, 0.717) is 25.3 Å². The number of aromatic nitrogens is 2. The van der Waals surface area contributed by atoms with Crippen molar-refractivity contribution in [3.8, 4) is 0 Å². The van der Waals surface area contributed by atoms with Gasteiger partial charge in [0, 0.05) is 44.1 Å². The minimum Gasteiger partial charge on any atom is -0.335 e. The van der Waals surface area contributed by atoms with Crippen LogP contribution in [-0.2, 0) is 11.3 Å². The summed E-state index contributed by atoms with van der Waals surface area (Å²) < 4.78 is 1.65. The second-order valence-corrected chi connectivity index (χ2v) is 7.66. The van der Waals surface area contributed by atoms with Crippen LogP contribution in [0.3, 0.4) is 0 Å². The zero-order valence-corrected chi connectivity index (χ0v) is 17.7. The van der Waals surface area contributed by atoms with Crippen molar-refractivity contribution in [1.82, 2.24) is 19.6 Å². The third-order valence-electron chi connectivity index (χ3n) is 5.38. The van der Waals surface area contributed by atoms with Crippen molar-refractivity contribution in [1.29, 1.82) is 0 Å². The molecular weight excluding hydrogens is 366 g/mol. The van der Waals surface area contributed by atoms with Crippen LogP contribution < -0.4 is 4.90 Å². The van der Waals surface area contributed by atoms with Gasteiger partial charge in [0.15, 0.2) is 5.69 Å². The topological polar surface area (TPSA) is 61.7 Å². The van der Waals surface area contributed by atoms with Crippen LogP contribution in [0.15, 0.2) is 36.4 Å². The summed E-state index contributed by atoms with van der Waals surface area (Å²) in [5.74, 6) is -0.0762. The highest BCUT2D eigenvalue weighted by atomic mass is 16.2. The Morgan fingerprint density at radius 2 is 1.79 bits per heavy atom. The molecule has 2 amide bonds. The van der Waals surface area contributed by atoms with Crippen molar-refractivity contribution < 1.29 is 9.59 Å². The Bertz CT molecular complexity index is 825. The third kappa shape index (κ3) is 5.23. The molecule has 0 bridgehead atoms. The summed E-state index contributed by atoms with van der Waals surface area (Å²) >= 11 is 0. The molecule has 1 fully saturated rings. The zero-order valence-electron chi connectivity index (χ0n) is 17.7. The van der Waals surface area contributed by atoms with Crippen LogP contribution in [0.1, 0.15) is 35.9 Å². The van der Waals surface area contributed by atoms with Gasteiger partial charge in [0.25, 0.3) is 5.91 Å². The number of nitrogens with zero attached hydrogens (tertiary/aromatic N) is 5. The first-order chi connectivity index (χ1) is 14.0. The molecule has 1 saturated heterocycles. The molecule has 156 valence electrons. The van der Waals surface area contributed by atoms with Crippen LogP contribution in [0.2, 0.25) is 0 Å². The average Bonchev–Trinajstić information content (AvgIpc) is 3.09. The molecule has 0 aliphatic carbocycles. The first-order valence-corrected chi connectivity index (χ1v) is 10.4. The van der Waals surface area contributed by atoms with Crippen LogP contribution in [0.4, 0.5) is 5.69 Å². The molecule has 1 aromatic carbocycles. The Hall–Kier alpha value is -2.67. The lowest BCUT2D eigenvalue weighted by Gasteiger charge is -2.31. The minimum absolute atomic E-state index is 0.0190. The van der Waals surface area contributed by atoms with Gasteiger partial charge in [-0.2, -0.15) is 5.10 Å². The van der Waals surface area contributed by atoms with Crippen LogP contribution in [0.25, 0.3) is 0 Å². The first-order valence-electron chi connectivity index (χ1n) is 10.4. The standard InChI is InChI=1S/C22H31N5O2/c1-4-5-11-26(19-9-7-6-8-10-19)21(28)17-27-18(2)16-20(23-27)22(29)25-14-12-24(3)13-15-25/h6-10,16H,4-5,11-15,17H2,1-3H3. The average molecular weight is 398 g/mol. The molecule has 29 heavy (non-hydrogen) atoms. The number of unbranched alkanes of at least 4 members (excludes halogenated alkanes) is 1. The second kappa shape index (κ2) is 9.69. The summed E-state index contributed by atoms with van der Waals surface area (Å²) in [4.78, 5) is 31.7. The molecule has 1 aliphatic heterocycles. The monoisotopic (exact) mass is 397 g/mol. The number of amides is 2. The number of hydrogen-bond donors (Lipinski definition) is 0. The lowest BCUT2D eigenvalue weighted by molar-refractivity contribution is -0.119. The predicted molar refractivity (Wildman–Crippen MR) is 114 cm³/mol. The smallest absolute Gasteiger partial charge is 0.274 e. The van der Waals surface area contributed by atoms with Gasteiger partial charge >= 0.3 is 0 Å². The first kappa shape index (κ1) is 21.0. The maximum absolute atomic E-state index is 13.1. The Kier molecular flexibility index (Phi) is 7.04. The molecular formula is C22H31N5O2. The number of benzene rings is 1. The van der Waals surface area contributed by atoms with Gasteiger partial charge in [0.05, 0.1) is 0 Å². The Morgan fingerprint density at radius 3 is 2.45 bits per heavy atom. The largest absolute Gasteiger partial charge is 0.335 e. The molecule has 0 N–H and O–H groups in total. The summed E-state index contributed by atoms with van der Waals surface area (Å²) in [5, 5.41) is 4.46. The summed E-state index contributed by atoms with van der Waals surface area (Å²) in [5.41, 5.74) is 2.13. The Morgan fingerprint density at radius 1 is 1.10 bits per heavy atom. The van der Waals surface area contributed by atoms with Crippen LogP contribution >= 0.6 is 0 Å². The van der Waals surface area contributed by atoms with E-state index in [9.17, 15) is 9.59 Å². The van der Waals surface area contributed by atoms with Crippen LogP contribution in [0.5, 0.6) is 0 Å². The van der Waals surface area contributed by atoms with E-state index in [2.05, 4.69) is 24.0 Å². The molecule has 0 spiro atoms. The van der Waals surface area contributed by atoms with Crippen molar-refractivity contribution in [3.63, 3.8) is 0 Å². The zero-order chi connectivity index (χ0) is 20.8. The highest BCUT2D eigenvalue weighted by Crippen LogP contribution is 2.16. The quantitative estimate of drug-likeness (QED) is 0.720. The molecule has 0 atom stereocenters. The van der Waals surface area contributed by atoms with Crippen molar-refractivity contribution in [3.05, 3.63) is 47.8 Å². The fourth-order valence-corrected chi connectivity index (χ4v) is 3.48. The van der Waals surface area contributed by atoms with Gasteiger partial charge < -0.3 is 14.7 Å². The van der Waals surface area contributed by atoms with E-state index < -0.39 is 0 Å². The number of carbonyl (C=O) groups excluding carboxylic acids is 2. The van der Waals surface area contributed by atoms with Gasteiger partial charge in [-0.1, -0.05) is 31.5 Å². The van der Waals surface area contributed by atoms with Gasteiger partial charge in [0.1, 0.15) is 6.54 Å². The van der Waals surface area contributed by atoms with Crippen LogP contribution in [-0.4, -0.2) is 71.2 Å². The Labute approximate surface area is 172 Å². The molecule has 3 rings (SSSR count). The summed E-state index contributed by atoms with van der Waals surface area (Å²) in [6, 6.07) is 11.5. The van der Waals surface area contributed by atoms with E-state index in [0.717, 1.165) is 37.3 Å². The molecule has 2 aromatic rings. The van der Waals surface area contributed by atoms with Crippen molar-refractivity contribution >= 4 is 17.5 Å². The van der Waals surface area contributed by atoms with E-state index in [-0.39, 0.29) is 18.4 Å². The second-order valence-electron chi connectivity index (χ2n) is 7.66. The maximum Gasteiger partial charge on any atom is 0.274 e. The van der Waals surface area contributed by atoms with E-state index in [1.165, 1.54) is 0 Å².